The Morgan fingerprint density at radius 3 is 2.27 bits per heavy atom. The number of anilines is 1. The summed E-state index contributed by atoms with van der Waals surface area (Å²) in [5, 5.41) is 0.286. The molecule has 8 heteroatoms. The number of carbonyl (C=O) groups is 4. The first-order valence-corrected chi connectivity index (χ1v) is 12.2. The molecule has 3 aliphatic rings. The van der Waals surface area contributed by atoms with Crippen LogP contribution in [0.25, 0.3) is 6.08 Å². The Kier molecular flexibility index (Phi) is 5.46. The quantitative estimate of drug-likeness (QED) is 0.219. The number of carbonyl (C=O) groups excluding carboxylic acids is 4. The van der Waals surface area contributed by atoms with Crippen LogP contribution in [-0.4, -0.2) is 34.5 Å². The number of rotatable bonds is 4. The smallest absolute Gasteiger partial charge is 0.308 e. The second-order valence-corrected chi connectivity index (χ2v) is 9.69. The Morgan fingerprint density at radius 1 is 0.865 bits per heavy atom. The molecule has 3 heterocycles. The van der Waals surface area contributed by atoms with Crippen LogP contribution in [0.4, 0.5) is 5.69 Å². The number of halogens is 1. The molecule has 3 aromatic carbocycles. The van der Waals surface area contributed by atoms with Gasteiger partial charge in [0.05, 0.1) is 28.6 Å². The van der Waals surface area contributed by atoms with Gasteiger partial charge in [-0.25, -0.2) is 4.90 Å². The minimum Gasteiger partial charge on any atom is -0.427 e. The van der Waals surface area contributed by atoms with Crippen molar-refractivity contribution in [2.45, 2.75) is 19.0 Å². The maximum atomic E-state index is 14.0. The van der Waals surface area contributed by atoms with E-state index in [1.54, 1.807) is 36.4 Å². The summed E-state index contributed by atoms with van der Waals surface area (Å²) in [6.45, 7) is 1.30. The molecular weight excluding hydrogens is 492 g/mol. The third-order valence-electron chi connectivity index (χ3n) is 7.22. The lowest BCUT2D eigenvalue weighted by molar-refractivity contribution is -0.132. The molecule has 184 valence electrons. The lowest BCUT2D eigenvalue weighted by Crippen LogP contribution is -2.44. The number of hydrogen-bond acceptors (Lipinski definition) is 6. The average molecular weight is 513 g/mol. The van der Waals surface area contributed by atoms with Crippen molar-refractivity contribution in [3.63, 3.8) is 0 Å². The Morgan fingerprint density at radius 2 is 1.54 bits per heavy atom. The summed E-state index contributed by atoms with van der Waals surface area (Å²) in [6.07, 6.45) is 3.71. The molecular formula is C29H21ClN2O5. The van der Waals surface area contributed by atoms with Crippen molar-refractivity contribution in [1.29, 1.82) is 0 Å². The minimum atomic E-state index is -0.900. The number of esters is 1. The van der Waals surface area contributed by atoms with Gasteiger partial charge in [-0.1, -0.05) is 48.0 Å². The number of imide groups is 1. The molecule has 2 saturated heterocycles. The van der Waals surface area contributed by atoms with Gasteiger partial charge in [0.25, 0.3) is 0 Å². The van der Waals surface area contributed by atoms with Gasteiger partial charge < -0.3 is 9.64 Å². The summed E-state index contributed by atoms with van der Waals surface area (Å²) in [5.41, 5.74) is 2.50. The third-order valence-corrected chi connectivity index (χ3v) is 7.54. The standard InChI is InChI=1S/C29H21ClN2O5/c1-16(33)37-19-12-10-18(11-13-19)27(34)26-24-23(25-20-7-3-2-6-17(20)14-15-31(25)26)28(35)32(29(24)36)22-9-5-4-8-21(22)30/h2-15,23-26H,1H3/t23-,24+,25-,26-/m0/s1. The number of nitrogens with zero attached hydrogens (tertiary/aromatic N) is 2. The minimum absolute atomic E-state index is 0.286. The highest BCUT2D eigenvalue weighted by molar-refractivity contribution is 6.36. The van der Waals surface area contributed by atoms with Crippen molar-refractivity contribution in [1.82, 2.24) is 4.90 Å². The predicted octanol–water partition coefficient (Wildman–Crippen LogP) is 4.66. The average Bonchev–Trinajstić information content (AvgIpc) is 3.37. The number of hydrogen-bond donors (Lipinski definition) is 0. The van der Waals surface area contributed by atoms with E-state index in [0.29, 0.717) is 17.0 Å². The molecule has 0 aliphatic carbocycles. The third kappa shape index (κ3) is 3.57. The molecule has 0 aromatic heterocycles. The highest BCUT2D eigenvalue weighted by Crippen LogP contribution is 2.54. The SMILES string of the molecule is CC(=O)Oc1ccc(C(=O)[C@@H]2[C@@H]3C(=O)N(c4ccccc4Cl)C(=O)[C@@H]3[C@@H]3c4ccccc4C=CN23)cc1. The fourth-order valence-corrected chi connectivity index (χ4v) is 5.97. The molecule has 3 aliphatic heterocycles. The molecule has 2 amide bonds. The normalized spacial score (nSPS) is 23.5. The van der Waals surface area contributed by atoms with Crippen LogP contribution in [0.15, 0.2) is 79.0 Å². The van der Waals surface area contributed by atoms with Crippen LogP contribution < -0.4 is 9.64 Å². The lowest BCUT2D eigenvalue weighted by atomic mass is 9.83. The zero-order valence-electron chi connectivity index (χ0n) is 19.7. The van der Waals surface area contributed by atoms with Gasteiger partial charge in [0, 0.05) is 18.7 Å². The number of benzene rings is 3. The van der Waals surface area contributed by atoms with Gasteiger partial charge in [0.15, 0.2) is 5.78 Å². The van der Waals surface area contributed by atoms with Crippen LogP contribution in [0.2, 0.25) is 5.02 Å². The zero-order chi connectivity index (χ0) is 25.8. The molecule has 3 aromatic rings. The van der Waals surface area contributed by atoms with E-state index < -0.39 is 35.8 Å². The Balaban J connectivity index is 1.45. The molecule has 0 spiro atoms. The van der Waals surface area contributed by atoms with Crippen LogP contribution >= 0.6 is 11.6 Å². The van der Waals surface area contributed by atoms with Crippen molar-refractivity contribution in [3.05, 3.63) is 101 Å². The van der Waals surface area contributed by atoms with E-state index in [1.807, 2.05) is 41.4 Å². The van der Waals surface area contributed by atoms with Crippen molar-refractivity contribution < 1.29 is 23.9 Å². The van der Waals surface area contributed by atoms with Crippen LogP contribution in [0.3, 0.4) is 0 Å². The van der Waals surface area contributed by atoms with E-state index >= 15 is 0 Å². The summed E-state index contributed by atoms with van der Waals surface area (Å²) in [5.74, 6) is -2.92. The van der Waals surface area contributed by atoms with Gasteiger partial charge in [-0.15, -0.1) is 0 Å². The van der Waals surface area contributed by atoms with Crippen molar-refractivity contribution in [2.75, 3.05) is 4.90 Å². The summed E-state index contributed by atoms with van der Waals surface area (Å²) in [7, 11) is 0. The predicted molar refractivity (Wildman–Crippen MR) is 137 cm³/mol. The van der Waals surface area contributed by atoms with E-state index in [1.165, 1.54) is 19.1 Å². The van der Waals surface area contributed by atoms with Gasteiger partial charge in [0.2, 0.25) is 11.8 Å². The molecule has 0 radical (unpaired) electrons. The Bertz CT molecular complexity index is 1500. The molecule has 0 unspecified atom stereocenters. The van der Waals surface area contributed by atoms with E-state index in [4.69, 9.17) is 16.3 Å². The molecule has 0 saturated carbocycles. The molecule has 0 N–H and O–H groups in total. The Hall–Kier alpha value is -4.23. The van der Waals surface area contributed by atoms with Gasteiger partial charge in [-0.05, 0) is 53.6 Å². The molecule has 37 heavy (non-hydrogen) atoms. The zero-order valence-corrected chi connectivity index (χ0v) is 20.5. The first-order valence-electron chi connectivity index (χ1n) is 11.9. The lowest BCUT2D eigenvalue weighted by Gasteiger charge is -2.35. The molecule has 4 atom stereocenters. The van der Waals surface area contributed by atoms with E-state index in [-0.39, 0.29) is 16.7 Å². The second-order valence-electron chi connectivity index (χ2n) is 9.28. The largest absolute Gasteiger partial charge is 0.427 e. The molecule has 6 rings (SSSR count). The Labute approximate surface area is 217 Å². The summed E-state index contributed by atoms with van der Waals surface area (Å²) < 4.78 is 5.08. The summed E-state index contributed by atoms with van der Waals surface area (Å²) in [4.78, 5) is 56.0. The summed E-state index contributed by atoms with van der Waals surface area (Å²) >= 11 is 6.39. The van der Waals surface area contributed by atoms with Gasteiger partial charge in [-0.3, -0.25) is 19.2 Å². The number of ketones is 1. The molecule has 7 nitrogen and oxygen atoms in total. The fraction of sp³-hybridized carbons (Fsp3) is 0.172. The van der Waals surface area contributed by atoms with Crippen LogP contribution in [0.5, 0.6) is 5.75 Å². The van der Waals surface area contributed by atoms with Crippen LogP contribution in [0.1, 0.15) is 34.5 Å². The van der Waals surface area contributed by atoms with E-state index in [0.717, 1.165) is 16.0 Å². The van der Waals surface area contributed by atoms with Crippen molar-refractivity contribution >= 4 is 46.9 Å². The number of para-hydroxylation sites is 1. The number of Topliss-reactive ketones (excluding diaryl/α,β-unsaturated/α-hetero) is 1. The first kappa shape index (κ1) is 23.2. The number of ether oxygens (including phenoxy) is 1. The van der Waals surface area contributed by atoms with Gasteiger partial charge >= 0.3 is 5.97 Å². The first-order chi connectivity index (χ1) is 17.9. The van der Waals surface area contributed by atoms with Crippen molar-refractivity contribution in [3.8, 4) is 5.75 Å². The highest BCUT2D eigenvalue weighted by atomic mass is 35.5. The van der Waals surface area contributed by atoms with Gasteiger partial charge in [0.1, 0.15) is 11.8 Å². The van der Waals surface area contributed by atoms with Crippen LogP contribution in [-0.2, 0) is 14.4 Å². The number of amides is 2. The molecule has 2 fully saturated rings. The van der Waals surface area contributed by atoms with Gasteiger partial charge in [-0.2, -0.15) is 0 Å². The topological polar surface area (TPSA) is 84.0 Å². The van der Waals surface area contributed by atoms with E-state index in [9.17, 15) is 19.2 Å². The van der Waals surface area contributed by atoms with Crippen molar-refractivity contribution in [2.24, 2.45) is 11.8 Å². The maximum Gasteiger partial charge on any atom is 0.308 e. The number of fused-ring (bicyclic) bond motifs is 5. The summed E-state index contributed by atoms with van der Waals surface area (Å²) in [6, 6.07) is 19.2. The maximum absolute atomic E-state index is 14.0. The highest BCUT2D eigenvalue weighted by Gasteiger charge is 2.64. The monoisotopic (exact) mass is 512 g/mol. The fourth-order valence-electron chi connectivity index (χ4n) is 5.75. The van der Waals surface area contributed by atoms with Crippen LogP contribution in [0, 0.1) is 11.8 Å². The second kappa shape index (κ2) is 8.71. The van der Waals surface area contributed by atoms with E-state index in [2.05, 4.69) is 0 Å². The molecule has 0 bridgehead atoms.